The van der Waals surface area contributed by atoms with E-state index in [0.717, 1.165) is 70.6 Å². The molecule has 0 aromatic carbocycles. The van der Waals surface area contributed by atoms with Crippen LogP contribution in [0.2, 0.25) is 0 Å². The molecule has 0 rings (SSSR count). The van der Waals surface area contributed by atoms with Crippen molar-refractivity contribution in [2.75, 3.05) is 0 Å². The maximum Gasteiger partial charge on any atom is 1.00 e. The van der Waals surface area contributed by atoms with Gasteiger partial charge in [-0.15, -0.1) is 0 Å². The zero-order valence-corrected chi connectivity index (χ0v) is 22.5. The van der Waals surface area contributed by atoms with E-state index in [1.165, 1.54) is 38.5 Å². The fraction of sp³-hybridized carbons (Fsp3) is 1.00. The van der Waals surface area contributed by atoms with Crippen molar-refractivity contribution >= 4 is 10.1 Å². The molecule has 2 atom stereocenters. The van der Waals surface area contributed by atoms with Crippen LogP contribution in [0.5, 0.6) is 0 Å². The van der Waals surface area contributed by atoms with E-state index in [-0.39, 0.29) is 35.7 Å². The number of aliphatic hydroxyl groups excluding tert-OH is 1. The minimum atomic E-state index is -4.17. The summed E-state index contributed by atoms with van der Waals surface area (Å²) >= 11 is 0. The Kier molecular flexibility index (Phi) is 24.4. The molecule has 1 N–H and O–H groups in total. The Bertz CT molecular complexity index is 429. The predicted molar refractivity (Wildman–Crippen MR) is 119 cm³/mol. The van der Waals surface area contributed by atoms with Gasteiger partial charge in [-0.1, -0.05) is 110 Å². The average molecular weight is 443 g/mol. The number of rotatable bonds is 21. The largest absolute Gasteiger partial charge is 1.00 e. The molecule has 0 spiro atoms. The van der Waals surface area contributed by atoms with Crippen molar-refractivity contribution in [1.82, 2.24) is 0 Å². The molecular weight excluding hydrogens is 395 g/mol. The summed E-state index contributed by atoms with van der Waals surface area (Å²) in [4.78, 5) is 0. The normalized spacial score (nSPS) is 13.8. The van der Waals surface area contributed by atoms with Crippen LogP contribution in [-0.2, 0) is 10.1 Å². The molecule has 0 aromatic heterocycles. The SMILES string of the molecule is CCCCCCCCC(O)CCCCCCC(CCCCCCC)S(=O)(=O)[O-].[Na+]. The molecule has 0 saturated heterocycles. The van der Waals surface area contributed by atoms with Gasteiger partial charge in [0.15, 0.2) is 0 Å². The molecule has 0 saturated carbocycles. The van der Waals surface area contributed by atoms with E-state index in [4.69, 9.17) is 0 Å². The fourth-order valence-electron chi connectivity index (χ4n) is 3.82. The second-order valence-electron chi connectivity index (χ2n) is 8.52. The Morgan fingerprint density at radius 3 is 1.28 bits per heavy atom. The van der Waals surface area contributed by atoms with Crippen LogP contribution in [0, 0.1) is 0 Å². The van der Waals surface area contributed by atoms with Gasteiger partial charge in [-0.25, -0.2) is 8.42 Å². The fourth-order valence-corrected chi connectivity index (χ4v) is 4.73. The van der Waals surface area contributed by atoms with Crippen molar-refractivity contribution in [3.05, 3.63) is 0 Å². The van der Waals surface area contributed by atoms with Gasteiger partial charge in [0.2, 0.25) is 0 Å². The Labute approximate surface area is 204 Å². The maximum atomic E-state index is 11.5. The monoisotopic (exact) mass is 442 g/mol. The van der Waals surface area contributed by atoms with Gasteiger partial charge >= 0.3 is 29.6 Å². The van der Waals surface area contributed by atoms with Gasteiger partial charge in [0.05, 0.1) is 16.2 Å². The van der Waals surface area contributed by atoms with E-state index in [1.807, 2.05) is 0 Å². The molecule has 0 bridgehead atoms. The van der Waals surface area contributed by atoms with Crippen LogP contribution in [0.3, 0.4) is 0 Å². The summed E-state index contributed by atoms with van der Waals surface area (Å²) in [6.45, 7) is 4.37. The molecule has 0 radical (unpaired) electrons. The van der Waals surface area contributed by atoms with Crippen LogP contribution in [0.15, 0.2) is 0 Å². The summed E-state index contributed by atoms with van der Waals surface area (Å²) in [5.74, 6) is 0. The van der Waals surface area contributed by atoms with Crippen LogP contribution >= 0.6 is 0 Å². The van der Waals surface area contributed by atoms with Crippen molar-refractivity contribution in [3.63, 3.8) is 0 Å². The minimum absolute atomic E-state index is 0. The Morgan fingerprint density at radius 2 is 0.931 bits per heavy atom. The zero-order valence-electron chi connectivity index (χ0n) is 19.7. The van der Waals surface area contributed by atoms with E-state index in [0.29, 0.717) is 12.8 Å². The van der Waals surface area contributed by atoms with Crippen LogP contribution in [0.25, 0.3) is 0 Å². The predicted octanol–water partition coefficient (Wildman–Crippen LogP) is 3.72. The van der Waals surface area contributed by atoms with Crippen molar-refractivity contribution < 1.29 is 47.6 Å². The second kappa shape index (κ2) is 22.1. The maximum absolute atomic E-state index is 11.5. The van der Waals surface area contributed by atoms with Gasteiger partial charge in [-0.3, -0.25) is 0 Å². The molecule has 170 valence electrons. The zero-order chi connectivity index (χ0) is 21.1. The molecule has 0 aliphatic heterocycles. The molecule has 29 heavy (non-hydrogen) atoms. The van der Waals surface area contributed by atoms with Gasteiger partial charge in [0, 0.05) is 5.25 Å². The molecule has 0 aromatic rings. The number of hydrogen-bond acceptors (Lipinski definition) is 4. The second-order valence-corrected chi connectivity index (χ2v) is 10.2. The van der Waals surface area contributed by atoms with E-state index in [1.54, 1.807) is 0 Å². The summed E-state index contributed by atoms with van der Waals surface area (Å²) in [6.07, 6.45) is 19.2. The Hall–Kier alpha value is 0.870. The smallest absolute Gasteiger partial charge is 0.748 e. The average Bonchev–Trinajstić information content (AvgIpc) is 2.64. The van der Waals surface area contributed by atoms with Gasteiger partial charge < -0.3 is 9.66 Å². The van der Waals surface area contributed by atoms with Crippen molar-refractivity contribution in [2.24, 2.45) is 0 Å². The van der Waals surface area contributed by atoms with Crippen LogP contribution in [-0.4, -0.2) is 29.4 Å². The first-order chi connectivity index (χ1) is 13.4. The molecule has 0 aliphatic carbocycles. The summed E-state index contributed by atoms with van der Waals surface area (Å²) in [6, 6.07) is 0. The van der Waals surface area contributed by atoms with Crippen LogP contribution < -0.4 is 29.6 Å². The molecular formula is C23H47NaO4S. The Morgan fingerprint density at radius 1 is 0.621 bits per heavy atom. The van der Waals surface area contributed by atoms with E-state index < -0.39 is 15.4 Å². The molecule has 0 amide bonds. The summed E-state index contributed by atoms with van der Waals surface area (Å²) < 4.78 is 34.4. The minimum Gasteiger partial charge on any atom is -0.748 e. The van der Waals surface area contributed by atoms with Crippen molar-refractivity contribution in [1.29, 1.82) is 0 Å². The number of unbranched alkanes of at least 4 members (excludes halogenated alkanes) is 12. The molecule has 4 nitrogen and oxygen atoms in total. The van der Waals surface area contributed by atoms with Crippen LogP contribution in [0.1, 0.15) is 136 Å². The summed E-state index contributed by atoms with van der Waals surface area (Å²) in [7, 11) is -4.17. The standard InChI is InChI=1S/C23H48O4S.Na/c1-3-5-7-9-11-14-18-22(24)19-15-12-13-17-21-23(28(25,26)27)20-16-10-8-6-4-2;/h22-24H,3-21H2,1-2H3,(H,25,26,27);/q;+1/p-1. The third kappa shape index (κ3) is 21.9. The molecule has 0 aliphatic rings. The van der Waals surface area contributed by atoms with Crippen LogP contribution in [0.4, 0.5) is 0 Å². The molecule has 2 unspecified atom stereocenters. The van der Waals surface area contributed by atoms with Gasteiger partial charge in [-0.05, 0) is 25.7 Å². The quantitative estimate of drug-likeness (QED) is 0.167. The first kappa shape index (κ1) is 32.1. The topological polar surface area (TPSA) is 77.4 Å². The molecule has 0 heterocycles. The van der Waals surface area contributed by atoms with Crippen molar-refractivity contribution in [2.45, 2.75) is 147 Å². The summed E-state index contributed by atoms with van der Waals surface area (Å²) in [5, 5.41) is 9.34. The number of aliphatic hydroxyl groups is 1. The summed E-state index contributed by atoms with van der Waals surface area (Å²) in [5.41, 5.74) is 0. The molecule has 6 heteroatoms. The Balaban J connectivity index is 0. The van der Waals surface area contributed by atoms with E-state index in [2.05, 4.69) is 13.8 Å². The first-order valence-electron chi connectivity index (χ1n) is 12.0. The third-order valence-electron chi connectivity index (χ3n) is 5.74. The van der Waals surface area contributed by atoms with Gasteiger partial charge in [-0.2, -0.15) is 0 Å². The van der Waals surface area contributed by atoms with Crippen molar-refractivity contribution in [3.8, 4) is 0 Å². The molecule has 0 fully saturated rings. The van der Waals surface area contributed by atoms with E-state index in [9.17, 15) is 18.1 Å². The van der Waals surface area contributed by atoms with E-state index >= 15 is 0 Å². The van der Waals surface area contributed by atoms with Gasteiger partial charge in [0.1, 0.15) is 0 Å². The first-order valence-corrected chi connectivity index (χ1v) is 13.5. The van der Waals surface area contributed by atoms with Gasteiger partial charge in [0.25, 0.3) is 0 Å². The number of hydrogen-bond donors (Lipinski definition) is 1. The third-order valence-corrected chi connectivity index (χ3v) is 7.03.